The van der Waals surface area contributed by atoms with E-state index in [0.29, 0.717) is 29.7 Å². The molecule has 2 heterocycles. The van der Waals surface area contributed by atoms with Gasteiger partial charge in [0.1, 0.15) is 4.60 Å². The van der Waals surface area contributed by atoms with Crippen LogP contribution in [0.5, 0.6) is 0 Å². The Morgan fingerprint density at radius 2 is 2.26 bits per heavy atom. The number of carbonyl (C=O) groups excluding carboxylic acids is 2. The molecule has 5 nitrogen and oxygen atoms in total. The lowest BCUT2D eigenvalue weighted by Gasteiger charge is -2.22. The van der Waals surface area contributed by atoms with Crippen LogP contribution in [0.4, 0.5) is 0 Å². The van der Waals surface area contributed by atoms with Gasteiger partial charge in [0.2, 0.25) is 5.91 Å². The Hall–Kier alpha value is -1.43. The number of pyridine rings is 1. The molecule has 1 saturated heterocycles. The van der Waals surface area contributed by atoms with Crippen LogP contribution < -0.4 is 5.32 Å². The fraction of sp³-hybridized carbons (Fsp3) is 0.462. The molecule has 1 aromatic heterocycles. The van der Waals surface area contributed by atoms with Gasteiger partial charge >= 0.3 is 0 Å². The predicted molar refractivity (Wildman–Crippen MR) is 74.6 cm³/mol. The second-order valence-corrected chi connectivity index (χ2v) is 5.71. The van der Waals surface area contributed by atoms with Gasteiger partial charge in [-0.05, 0) is 41.4 Å². The van der Waals surface area contributed by atoms with Crippen molar-refractivity contribution in [1.29, 1.82) is 0 Å². The zero-order valence-electron chi connectivity index (χ0n) is 10.9. The van der Waals surface area contributed by atoms with Crippen LogP contribution in [0.2, 0.25) is 0 Å². The molecule has 2 rings (SSSR count). The van der Waals surface area contributed by atoms with Crippen LogP contribution in [0.3, 0.4) is 0 Å². The smallest absolute Gasteiger partial charge is 0.256 e. The maximum absolute atomic E-state index is 12.4. The highest BCUT2D eigenvalue weighted by atomic mass is 79.9. The van der Waals surface area contributed by atoms with E-state index in [-0.39, 0.29) is 11.8 Å². The molecular formula is C13H16BrN3O2. The van der Waals surface area contributed by atoms with E-state index in [2.05, 4.69) is 26.2 Å². The topological polar surface area (TPSA) is 62.3 Å². The van der Waals surface area contributed by atoms with Crippen molar-refractivity contribution in [2.45, 2.75) is 13.3 Å². The molecule has 1 fully saturated rings. The highest BCUT2D eigenvalue weighted by Crippen LogP contribution is 2.31. The van der Waals surface area contributed by atoms with Crippen molar-refractivity contribution in [3.05, 3.63) is 28.5 Å². The van der Waals surface area contributed by atoms with Crippen molar-refractivity contribution >= 4 is 27.7 Å². The first kappa shape index (κ1) is 14.0. The summed E-state index contributed by atoms with van der Waals surface area (Å²) < 4.78 is 0.536. The molecule has 0 aliphatic carbocycles. The summed E-state index contributed by atoms with van der Waals surface area (Å²) >= 11 is 3.28. The van der Waals surface area contributed by atoms with E-state index in [1.807, 2.05) is 6.92 Å². The first-order valence-electron chi connectivity index (χ1n) is 6.10. The van der Waals surface area contributed by atoms with Crippen molar-refractivity contribution in [2.75, 3.05) is 20.1 Å². The lowest BCUT2D eigenvalue weighted by molar-refractivity contribution is -0.128. The number of rotatable bonds is 2. The highest BCUT2D eigenvalue weighted by molar-refractivity contribution is 9.10. The number of hydrogen-bond donors (Lipinski definition) is 1. The van der Waals surface area contributed by atoms with Gasteiger partial charge in [0, 0.05) is 26.3 Å². The molecule has 0 bridgehead atoms. The van der Waals surface area contributed by atoms with Gasteiger partial charge < -0.3 is 10.2 Å². The van der Waals surface area contributed by atoms with Crippen LogP contribution in [0.25, 0.3) is 0 Å². The third-order valence-corrected chi connectivity index (χ3v) is 4.16. The summed E-state index contributed by atoms with van der Waals surface area (Å²) in [4.78, 5) is 30.0. The zero-order chi connectivity index (χ0) is 14.0. The van der Waals surface area contributed by atoms with E-state index >= 15 is 0 Å². The molecule has 2 amide bonds. The molecule has 1 aliphatic rings. The summed E-state index contributed by atoms with van der Waals surface area (Å²) in [6.45, 7) is 2.91. The van der Waals surface area contributed by atoms with Gasteiger partial charge in [-0.15, -0.1) is 0 Å². The summed E-state index contributed by atoms with van der Waals surface area (Å²) in [7, 11) is 1.62. The monoisotopic (exact) mass is 325 g/mol. The highest BCUT2D eigenvalue weighted by Gasteiger charge is 2.41. The van der Waals surface area contributed by atoms with Gasteiger partial charge in [-0.25, -0.2) is 4.98 Å². The third-order valence-electron chi connectivity index (χ3n) is 3.53. The number of aromatic nitrogens is 1. The molecule has 0 aromatic carbocycles. The van der Waals surface area contributed by atoms with E-state index in [4.69, 9.17) is 0 Å². The molecule has 102 valence electrons. The Bertz CT molecular complexity index is 520. The number of likely N-dealkylation sites (tertiary alicyclic amines) is 1. The van der Waals surface area contributed by atoms with Crippen LogP contribution >= 0.6 is 15.9 Å². The van der Waals surface area contributed by atoms with Crippen molar-refractivity contribution in [1.82, 2.24) is 15.2 Å². The molecule has 1 unspecified atom stereocenters. The maximum Gasteiger partial charge on any atom is 0.256 e. The van der Waals surface area contributed by atoms with Crippen molar-refractivity contribution in [2.24, 2.45) is 5.41 Å². The molecule has 1 aromatic rings. The Morgan fingerprint density at radius 3 is 2.89 bits per heavy atom. The average molecular weight is 326 g/mol. The van der Waals surface area contributed by atoms with Crippen molar-refractivity contribution in [3.8, 4) is 0 Å². The van der Waals surface area contributed by atoms with Crippen LogP contribution in [0.1, 0.15) is 23.7 Å². The van der Waals surface area contributed by atoms with Gasteiger partial charge in [-0.3, -0.25) is 9.59 Å². The normalized spacial score (nSPS) is 22.4. The molecule has 1 atom stereocenters. The molecule has 1 aliphatic heterocycles. The molecule has 0 saturated carbocycles. The quantitative estimate of drug-likeness (QED) is 0.837. The van der Waals surface area contributed by atoms with E-state index in [1.54, 1.807) is 30.3 Å². The summed E-state index contributed by atoms with van der Waals surface area (Å²) in [5.74, 6) is -0.111. The van der Waals surface area contributed by atoms with Gasteiger partial charge in [-0.2, -0.15) is 0 Å². The SMILES string of the molecule is CNC(=O)C1(C)CCN(C(=O)c2cccnc2Br)C1. The number of carbonyl (C=O) groups is 2. The Kier molecular flexibility index (Phi) is 3.89. The first-order valence-corrected chi connectivity index (χ1v) is 6.89. The molecule has 6 heteroatoms. The van der Waals surface area contributed by atoms with Gasteiger partial charge in [0.05, 0.1) is 11.0 Å². The number of amides is 2. The molecule has 1 N–H and O–H groups in total. The maximum atomic E-state index is 12.4. The summed E-state index contributed by atoms with van der Waals surface area (Å²) in [5, 5.41) is 2.66. The minimum Gasteiger partial charge on any atom is -0.359 e. The molecule has 0 spiro atoms. The minimum atomic E-state index is -0.501. The van der Waals surface area contributed by atoms with Crippen molar-refractivity contribution < 1.29 is 9.59 Å². The Balaban J connectivity index is 2.16. The van der Waals surface area contributed by atoms with E-state index < -0.39 is 5.41 Å². The summed E-state index contributed by atoms with van der Waals surface area (Å²) in [6.07, 6.45) is 2.30. The standard InChI is InChI=1S/C13H16BrN3O2/c1-13(12(19)15-2)5-7-17(8-13)11(18)9-4-3-6-16-10(9)14/h3-4,6H,5,7-8H2,1-2H3,(H,15,19). The number of halogens is 1. The van der Waals surface area contributed by atoms with Crippen LogP contribution in [0.15, 0.2) is 22.9 Å². The number of nitrogens with zero attached hydrogens (tertiary/aromatic N) is 2. The summed E-state index contributed by atoms with van der Waals surface area (Å²) in [5.41, 5.74) is 0.0303. The molecular weight excluding hydrogens is 310 g/mol. The second-order valence-electron chi connectivity index (χ2n) is 4.96. The lowest BCUT2D eigenvalue weighted by Crippen LogP contribution is -2.40. The number of nitrogens with one attached hydrogen (secondary N) is 1. The van der Waals surface area contributed by atoms with Crippen LogP contribution in [0, 0.1) is 5.41 Å². The van der Waals surface area contributed by atoms with E-state index in [0.717, 1.165) is 0 Å². The zero-order valence-corrected chi connectivity index (χ0v) is 12.5. The summed E-state index contributed by atoms with van der Waals surface area (Å²) in [6, 6.07) is 3.46. The van der Waals surface area contributed by atoms with E-state index in [1.165, 1.54) is 0 Å². The lowest BCUT2D eigenvalue weighted by atomic mass is 9.89. The van der Waals surface area contributed by atoms with Gasteiger partial charge in [0.25, 0.3) is 5.91 Å². The van der Waals surface area contributed by atoms with Crippen LogP contribution in [-0.4, -0.2) is 41.8 Å². The first-order chi connectivity index (χ1) is 8.98. The largest absolute Gasteiger partial charge is 0.359 e. The predicted octanol–water partition coefficient (Wildman–Crippen LogP) is 1.44. The van der Waals surface area contributed by atoms with Crippen molar-refractivity contribution in [3.63, 3.8) is 0 Å². The van der Waals surface area contributed by atoms with E-state index in [9.17, 15) is 9.59 Å². The Labute approximate surface area is 120 Å². The average Bonchev–Trinajstić information content (AvgIpc) is 2.81. The number of hydrogen-bond acceptors (Lipinski definition) is 3. The minimum absolute atomic E-state index is 0.0203. The Morgan fingerprint density at radius 1 is 1.53 bits per heavy atom. The fourth-order valence-corrected chi connectivity index (χ4v) is 2.76. The van der Waals surface area contributed by atoms with Gasteiger partial charge in [0.15, 0.2) is 0 Å². The third kappa shape index (κ3) is 2.63. The van der Waals surface area contributed by atoms with Crippen LogP contribution in [-0.2, 0) is 4.79 Å². The van der Waals surface area contributed by atoms with Gasteiger partial charge in [-0.1, -0.05) is 0 Å². The molecule has 0 radical (unpaired) electrons. The second kappa shape index (κ2) is 5.28. The molecule has 19 heavy (non-hydrogen) atoms. The fourth-order valence-electron chi connectivity index (χ4n) is 2.34.